The third kappa shape index (κ3) is 5.31. The molecule has 8 nitrogen and oxygen atoms in total. The number of nitrogens with one attached hydrogen (secondary N) is 1. The number of thioether (sulfide) groups is 1. The van der Waals surface area contributed by atoms with Crippen molar-refractivity contribution in [3.05, 3.63) is 53.8 Å². The number of ether oxygens (including phenoxy) is 1. The average Bonchev–Trinajstić information content (AvgIpc) is 3.19. The maximum absolute atomic E-state index is 14.7. The van der Waals surface area contributed by atoms with Gasteiger partial charge in [0.1, 0.15) is 11.9 Å². The number of ketones is 1. The van der Waals surface area contributed by atoms with Crippen molar-refractivity contribution in [2.24, 2.45) is 0 Å². The molecule has 176 valence electrons. The van der Waals surface area contributed by atoms with Crippen LogP contribution in [0.4, 0.5) is 20.6 Å². The van der Waals surface area contributed by atoms with Gasteiger partial charge < -0.3 is 9.64 Å². The molecule has 33 heavy (non-hydrogen) atoms. The number of hydrogen-bond donors (Lipinski definition) is 1. The van der Waals surface area contributed by atoms with Crippen molar-refractivity contribution < 1.29 is 27.1 Å². The standard InChI is InChI=1S/C22H24FN3O5S2/c1-15(27)16-2-5-19(6-3-16)33(29,30)24-13-18-14-26(22(28)31-18)17-4-7-21(20(23)12-17)25-8-10-32-11-9-25/h2-7,12,18,24H,8-11,13-14H2,1H3/t18-/m0/s1. The summed E-state index contributed by atoms with van der Waals surface area (Å²) in [7, 11) is -3.85. The normalized spacial score (nSPS) is 19.0. The fourth-order valence-electron chi connectivity index (χ4n) is 3.72. The number of halogens is 1. The molecule has 2 fully saturated rings. The summed E-state index contributed by atoms with van der Waals surface area (Å²) in [6.45, 7) is 2.89. The van der Waals surface area contributed by atoms with Gasteiger partial charge in [-0.05, 0) is 37.3 Å². The molecule has 1 atom stereocenters. The Bertz CT molecular complexity index is 1150. The van der Waals surface area contributed by atoms with Gasteiger partial charge in [-0.3, -0.25) is 9.69 Å². The summed E-state index contributed by atoms with van der Waals surface area (Å²) >= 11 is 1.83. The van der Waals surface area contributed by atoms with Gasteiger partial charge in [-0.1, -0.05) is 12.1 Å². The highest BCUT2D eigenvalue weighted by Crippen LogP contribution is 2.29. The predicted molar refractivity (Wildman–Crippen MR) is 125 cm³/mol. The first-order chi connectivity index (χ1) is 15.7. The van der Waals surface area contributed by atoms with Gasteiger partial charge >= 0.3 is 6.09 Å². The molecule has 0 spiro atoms. The zero-order valence-electron chi connectivity index (χ0n) is 18.0. The molecule has 2 saturated heterocycles. The number of anilines is 2. The third-order valence-corrected chi connectivity index (χ3v) is 7.92. The summed E-state index contributed by atoms with van der Waals surface area (Å²) in [6.07, 6.45) is -1.39. The molecule has 0 aliphatic carbocycles. The van der Waals surface area contributed by atoms with Crippen LogP contribution in [-0.2, 0) is 14.8 Å². The van der Waals surface area contributed by atoms with Crippen LogP contribution in [0.3, 0.4) is 0 Å². The van der Waals surface area contributed by atoms with E-state index in [1.54, 1.807) is 12.1 Å². The molecule has 2 heterocycles. The number of rotatable bonds is 7. The Hall–Kier alpha value is -2.63. The first-order valence-corrected chi connectivity index (χ1v) is 13.1. The number of sulfonamides is 1. The second-order valence-electron chi connectivity index (χ2n) is 7.78. The molecule has 4 rings (SSSR count). The van der Waals surface area contributed by atoms with E-state index in [1.807, 2.05) is 16.7 Å². The summed E-state index contributed by atoms with van der Waals surface area (Å²) in [5, 5.41) is 0. The second kappa shape index (κ2) is 9.70. The maximum atomic E-state index is 14.7. The number of carbonyl (C=O) groups is 2. The molecular weight excluding hydrogens is 469 g/mol. The maximum Gasteiger partial charge on any atom is 0.414 e. The van der Waals surface area contributed by atoms with Crippen LogP contribution < -0.4 is 14.5 Å². The lowest BCUT2D eigenvalue weighted by Crippen LogP contribution is -2.35. The minimum atomic E-state index is -3.85. The van der Waals surface area contributed by atoms with Crippen molar-refractivity contribution in [2.45, 2.75) is 17.9 Å². The lowest BCUT2D eigenvalue weighted by Gasteiger charge is -2.29. The van der Waals surface area contributed by atoms with E-state index in [0.29, 0.717) is 16.9 Å². The summed E-state index contributed by atoms with van der Waals surface area (Å²) in [5.74, 6) is 1.31. The molecule has 2 aromatic rings. The van der Waals surface area contributed by atoms with Crippen LogP contribution >= 0.6 is 11.8 Å². The lowest BCUT2D eigenvalue weighted by molar-refractivity contribution is 0.101. The highest BCUT2D eigenvalue weighted by atomic mass is 32.2. The van der Waals surface area contributed by atoms with Crippen molar-refractivity contribution in [3.8, 4) is 0 Å². The quantitative estimate of drug-likeness (QED) is 0.593. The van der Waals surface area contributed by atoms with Gasteiger partial charge in [0.2, 0.25) is 10.0 Å². The number of amides is 1. The fourth-order valence-corrected chi connectivity index (χ4v) is 5.69. The molecule has 0 aromatic heterocycles. The van der Waals surface area contributed by atoms with E-state index in [9.17, 15) is 22.4 Å². The molecule has 0 radical (unpaired) electrons. The third-order valence-electron chi connectivity index (χ3n) is 5.54. The van der Waals surface area contributed by atoms with Gasteiger partial charge in [-0.15, -0.1) is 0 Å². The topological polar surface area (TPSA) is 96.0 Å². The zero-order valence-corrected chi connectivity index (χ0v) is 19.6. The lowest BCUT2D eigenvalue weighted by atomic mass is 10.2. The first kappa shape index (κ1) is 23.5. The Kier molecular flexibility index (Phi) is 6.91. The largest absolute Gasteiger partial charge is 0.443 e. The van der Waals surface area contributed by atoms with Gasteiger partial charge in [0.05, 0.1) is 22.8 Å². The van der Waals surface area contributed by atoms with Crippen molar-refractivity contribution >= 4 is 45.0 Å². The van der Waals surface area contributed by atoms with Gasteiger partial charge in [0, 0.05) is 36.7 Å². The Morgan fingerprint density at radius 3 is 2.52 bits per heavy atom. The SMILES string of the molecule is CC(=O)c1ccc(S(=O)(=O)NC[C@H]2CN(c3ccc(N4CCSCC4)c(F)c3)C(=O)O2)cc1. The summed E-state index contributed by atoms with van der Waals surface area (Å²) < 4.78 is 47.5. The van der Waals surface area contributed by atoms with Crippen LogP contribution in [0.25, 0.3) is 0 Å². The minimum Gasteiger partial charge on any atom is -0.443 e. The monoisotopic (exact) mass is 493 g/mol. The number of benzene rings is 2. The van der Waals surface area contributed by atoms with E-state index < -0.39 is 28.0 Å². The molecule has 2 aliphatic rings. The van der Waals surface area contributed by atoms with E-state index in [1.165, 1.54) is 42.2 Å². The molecule has 1 N–H and O–H groups in total. The molecule has 2 aliphatic heterocycles. The Balaban J connectivity index is 1.39. The molecular formula is C22H24FN3O5S2. The van der Waals surface area contributed by atoms with E-state index in [0.717, 1.165) is 24.6 Å². The summed E-state index contributed by atoms with van der Waals surface area (Å²) in [4.78, 5) is 27.0. The van der Waals surface area contributed by atoms with E-state index >= 15 is 0 Å². The molecule has 11 heteroatoms. The summed E-state index contributed by atoms with van der Waals surface area (Å²) in [6, 6.07) is 10.2. The van der Waals surface area contributed by atoms with Crippen molar-refractivity contribution in [1.82, 2.24) is 4.72 Å². The van der Waals surface area contributed by atoms with Crippen LogP contribution in [0.1, 0.15) is 17.3 Å². The molecule has 0 bridgehead atoms. The van der Waals surface area contributed by atoms with Crippen LogP contribution in [0.2, 0.25) is 0 Å². The average molecular weight is 494 g/mol. The fraction of sp³-hybridized carbons (Fsp3) is 0.364. The van der Waals surface area contributed by atoms with Gasteiger partial charge in [-0.2, -0.15) is 11.8 Å². The number of carbonyl (C=O) groups excluding carboxylic acids is 2. The smallest absolute Gasteiger partial charge is 0.414 e. The molecule has 0 saturated carbocycles. The molecule has 0 unspecified atom stereocenters. The Labute approximate surface area is 196 Å². The molecule has 2 aromatic carbocycles. The van der Waals surface area contributed by atoms with Crippen LogP contribution in [0.15, 0.2) is 47.4 Å². The summed E-state index contributed by atoms with van der Waals surface area (Å²) in [5.41, 5.74) is 1.27. The van der Waals surface area contributed by atoms with Crippen molar-refractivity contribution in [2.75, 3.05) is 47.5 Å². The van der Waals surface area contributed by atoms with E-state index in [4.69, 9.17) is 4.74 Å². The first-order valence-electron chi connectivity index (χ1n) is 10.5. The van der Waals surface area contributed by atoms with Crippen LogP contribution in [-0.4, -0.2) is 64.1 Å². The number of Topliss-reactive ketones (excluding diaryl/α,β-unsaturated/α-hetero) is 1. The highest BCUT2D eigenvalue weighted by Gasteiger charge is 2.34. The highest BCUT2D eigenvalue weighted by molar-refractivity contribution is 7.99. The molecule has 1 amide bonds. The second-order valence-corrected chi connectivity index (χ2v) is 10.8. The van der Waals surface area contributed by atoms with E-state index in [2.05, 4.69) is 4.72 Å². The van der Waals surface area contributed by atoms with Crippen LogP contribution in [0.5, 0.6) is 0 Å². The predicted octanol–water partition coefficient (Wildman–Crippen LogP) is 2.89. The minimum absolute atomic E-state index is 0.00227. The van der Waals surface area contributed by atoms with Crippen molar-refractivity contribution in [1.29, 1.82) is 0 Å². The number of hydrogen-bond acceptors (Lipinski definition) is 7. The van der Waals surface area contributed by atoms with Gasteiger partial charge in [-0.25, -0.2) is 22.3 Å². The number of nitrogens with zero attached hydrogens (tertiary/aromatic N) is 2. The Morgan fingerprint density at radius 1 is 1.18 bits per heavy atom. The van der Waals surface area contributed by atoms with Gasteiger partial charge in [0.15, 0.2) is 5.78 Å². The Morgan fingerprint density at radius 2 is 1.88 bits per heavy atom. The zero-order chi connectivity index (χ0) is 23.6. The van der Waals surface area contributed by atoms with Crippen molar-refractivity contribution in [3.63, 3.8) is 0 Å². The van der Waals surface area contributed by atoms with Crippen LogP contribution in [0, 0.1) is 5.82 Å². The number of cyclic esters (lactones) is 1. The van der Waals surface area contributed by atoms with Gasteiger partial charge in [0.25, 0.3) is 0 Å². The van der Waals surface area contributed by atoms with E-state index in [-0.39, 0.29) is 23.8 Å².